The second-order valence-corrected chi connectivity index (χ2v) is 9.15. The molecule has 1 aliphatic heterocycles. The molecule has 1 aliphatic carbocycles. The first-order chi connectivity index (χ1) is 12.6. The van der Waals surface area contributed by atoms with Gasteiger partial charge in [-0.3, -0.25) is 4.99 Å². The smallest absolute Gasteiger partial charge is 0.410 e. The molecule has 2 rings (SSSR count). The number of nitrogens with one attached hydrogen (secondary N) is 2. The Kier molecular flexibility index (Phi) is 7.00. The van der Waals surface area contributed by atoms with Crippen molar-refractivity contribution in [3.05, 3.63) is 0 Å². The van der Waals surface area contributed by atoms with E-state index >= 15 is 0 Å². The number of ether oxygens (including phenoxy) is 2. The molecule has 1 saturated heterocycles. The van der Waals surface area contributed by atoms with Crippen LogP contribution in [0.3, 0.4) is 0 Å². The number of guanidine groups is 1. The van der Waals surface area contributed by atoms with Gasteiger partial charge in [0.1, 0.15) is 5.60 Å². The summed E-state index contributed by atoms with van der Waals surface area (Å²) in [4.78, 5) is 18.5. The summed E-state index contributed by atoms with van der Waals surface area (Å²) in [6.45, 7) is 14.9. The zero-order valence-electron chi connectivity index (χ0n) is 18.1. The monoisotopic (exact) mass is 382 g/mol. The van der Waals surface area contributed by atoms with Gasteiger partial charge < -0.3 is 25.0 Å². The van der Waals surface area contributed by atoms with Crippen molar-refractivity contribution in [2.75, 3.05) is 33.3 Å². The molecule has 1 heterocycles. The summed E-state index contributed by atoms with van der Waals surface area (Å²) in [7, 11) is 1.78. The Morgan fingerprint density at radius 2 is 2.04 bits per heavy atom. The van der Waals surface area contributed by atoms with Crippen molar-refractivity contribution >= 4 is 12.1 Å². The number of rotatable bonds is 6. The van der Waals surface area contributed by atoms with Gasteiger partial charge in [0, 0.05) is 50.7 Å². The van der Waals surface area contributed by atoms with Crippen LogP contribution in [-0.2, 0) is 9.47 Å². The van der Waals surface area contributed by atoms with Crippen LogP contribution in [0.25, 0.3) is 0 Å². The lowest BCUT2D eigenvalue weighted by molar-refractivity contribution is -0.106. The maximum Gasteiger partial charge on any atom is 0.410 e. The summed E-state index contributed by atoms with van der Waals surface area (Å²) in [5, 5.41) is 6.90. The minimum atomic E-state index is -0.482. The largest absolute Gasteiger partial charge is 0.444 e. The van der Waals surface area contributed by atoms with Crippen LogP contribution in [-0.4, -0.2) is 68.0 Å². The van der Waals surface area contributed by atoms with E-state index in [4.69, 9.17) is 9.47 Å². The van der Waals surface area contributed by atoms with E-state index in [1.54, 1.807) is 11.9 Å². The van der Waals surface area contributed by atoms with E-state index in [0.717, 1.165) is 25.4 Å². The third-order valence-corrected chi connectivity index (χ3v) is 5.44. The van der Waals surface area contributed by atoms with Gasteiger partial charge in [-0.25, -0.2) is 4.79 Å². The van der Waals surface area contributed by atoms with E-state index in [9.17, 15) is 4.79 Å². The summed E-state index contributed by atoms with van der Waals surface area (Å²) < 4.78 is 11.4. The van der Waals surface area contributed by atoms with Crippen LogP contribution >= 0.6 is 0 Å². The van der Waals surface area contributed by atoms with Crippen molar-refractivity contribution in [1.82, 2.24) is 15.5 Å². The van der Waals surface area contributed by atoms with Crippen molar-refractivity contribution in [1.29, 1.82) is 0 Å². The molecule has 7 nitrogen and oxygen atoms in total. The fraction of sp³-hybridized carbons (Fsp3) is 0.900. The lowest BCUT2D eigenvalue weighted by Crippen LogP contribution is -2.68. The first kappa shape index (κ1) is 21.8. The Labute approximate surface area is 164 Å². The van der Waals surface area contributed by atoms with Gasteiger partial charge in [-0.15, -0.1) is 0 Å². The van der Waals surface area contributed by atoms with E-state index in [2.05, 4.69) is 36.4 Å². The summed E-state index contributed by atoms with van der Waals surface area (Å²) in [5.74, 6) is 1.33. The molecule has 3 atom stereocenters. The standard InChI is InChI=1S/C20H38N4O3/c1-8-11-24(18(25)27-19(2,3)4)12-10-22-17(21-7)23-15-14-9-13-26-16(14)20(15,5)6/h14-16H,8-13H2,1-7H3,(H2,21,22,23). The normalized spacial score (nSPS) is 26.8. The molecular weight excluding hydrogens is 344 g/mol. The first-order valence-corrected chi connectivity index (χ1v) is 10.2. The van der Waals surface area contributed by atoms with Gasteiger partial charge in [0.05, 0.1) is 6.10 Å². The third-order valence-electron chi connectivity index (χ3n) is 5.44. The van der Waals surface area contributed by atoms with Crippen molar-refractivity contribution in [2.24, 2.45) is 16.3 Å². The third kappa shape index (κ3) is 5.27. The molecule has 156 valence electrons. The van der Waals surface area contributed by atoms with Crippen molar-refractivity contribution < 1.29 is 14.3 Å². The van der Waals surface area contributed by atoms with Gasteiger partial charge in [-0.2, -0.15) is 0 Å². The van der Waals surface area contributed by atoms with Crippen LogP contribution in [0, 0.1) is 11.3 Å². The zero-order valence-corrected chi connectivity index (χ0v) is 18.1. The van der Waals surface area contributed by atoms with Crippen LogP contribution in [0.2, 0.25) is 0 Å². The zero-order chi connectivity index (χ0) is 20.2. The van der Waals surface area contributed by atoms with E-state index in [1.807, 2.05) is 20.8 Å². The van der Waals surface area contributed by atoms with Crippen LogP contribution in [0.5, 0.6) is 0 Å². The number of amides is 1. The van der Waals surface area contributed by atoms with Crippen molar-refractivity contribution in [3.63, 3.8) is 0 Å². The van der Waals surface area contributed by atoms with E-state index in [0.29, 0.717) is 37.7 Å². The first-order valence-electron chi connectivity index (χ1n) is 10.2. The quantitative estimate of drug-likeness (QED) is 0.546. The predicted octanol–water partition coefficient (Wildman–Crippen LogP) is 2.61. The number of fused-ring (bicyclic) bond motifs is 1. The van der Waals surface area contributed by atoms with Gasteiger partial charge in [0.2, 0.25) is 0 Å². The number of nitrogens with zero attached hydrogens (tertiary/aromatic N) is 2. The van der Waals surface area contributed by atoms with Crippen molar-refractivity contribution in [3.8, 4) is 0 Å². The number of aliphatic imine (C=N–C) groups is 1. The molecule has 0 spiro atoms. The number of carbonyl (C=O) groups excluding carboxylic acids is 1. The summed E-state index contributed by atoms with van der Waals surface area (Å²) >= 11 is 0. The van der Waals surface area contributed by atoms with E-state index < -0.39 is 5.60 Å². The summed E-state index contributed by atoms with van der Waals surface area (Å²) in [6.07, 6.45) is 2.08. The molecule has 0 bridgehead atoms. The van der Waals surface area contributed by atoms with Crippen molar-refractivity contribution in [2.45, 2.75) is 72.1 Å². The second kappa shape index (κ2) is 8.67. The van der Waals surface area contributed by atoms with Gasteiger partial charge in [-0.05, 0) is 33.6 Å². The number of hydrogen-bond donors (Lipinski definition) is 2. The maximum atomic E-state index is 12.4. The van der Waals surface area contributed by atoms with Gasteiger partial charge in [-0.1, -0.05) is 20.8 Å². The van der Waals surface area contributed by atoms with Gasteiger partial charge >= 0.3 is 6.09 Å². The lowest BCUT2D eigenvalue weighted by atomic mass is 9.57. The highest BCUT2D eigenvalue weighted by Gasteiger charge is 2.59. The average molecular weight is 383 g/mol. The van der Waals surface area contributed by atoms with Gasteiger partial charge in [0.15, 0.2) is 5.96 Å². The molecule has 0 aromatic carbocycles. The molecule has 27 heavy (non-hydrogen) atoms. The molecule has 2 aliphatic rings. The average Bonchev–Trinajstić information content (AvgIpc) is 3.02. The highest BCUT2D eigenvalue weighted by atomic mass is 16.6. The summed E-state index contributed by atoms with van der Waals surface area (Å²) in [6, 6.07) is 0.355. The van der Waals surface area contributed by atoms with E-state index in [-0.39, 0.29) is 11.5 Å². The minimum Gasteiger partial charge on any atom is -0.444 e. The molecule has 1 amide bonds. The highest BCUT2D eigenvalue weighted by molar-refractivity contribution is 5.80. The Hall–Kier alpha value is -1.50. The fourth-order valence-corrected chi connectivity index (χ4v) is 4.16. The molecule has 2 fully saturated rings. The topological polar surface area (TPSA) is 75.2 Å². The Bertz CT molecular complexity index is 542. The Morgan fingerprint density at radius 3 is 2.63 bits per heavy atom. The predicted molar refractivity (Wildman–Crippen MR) is 108 cm³/mol. The van der Waals surface area contributed by atoms with E-state index in [1.165, 1.54) is 0 Å². The SMILES string of the molecule is CCCN(CCNC(=NC)NC1C2CCOC2C1(C)C)C(=O)OC(C)(C)C. The fourth-order valence-electron chi connectivity index (χ4n) is 4.16. The lowest BCUT2D eigenvalue weighted by Gasteiger charge is -2.54. The molecule has 3 unspecified atom stereocenters. The van der Waals surface area contributed by atoms with Crippen LogP contribution in [0.15, 0.2) is 4.99 Å². The molecule has 0 radical (unpaired) electrons. The molecule has 7 heteroatoms. The van der Waals surface area contributed by atoms with Gasteiger partial charge in [0.25, 0.3) is 0 Å². The molecule has 0 aromatic heterocycles. The highest BCUT2D eigenvalue weighted by Crippen LogP contribution is 2.52. The minimum absolute atomic E-state index is 0.101. The second-order valence-electron chi connectivity index (χ2n) is 9.15. The maximum absolute atomic E-state index is 12.4. The molecule has 0 aromatic rings. The molecular formula is C20H38N4O3. The Morgan fingerprint density at radius 1 is 1.33 bits per heavy atom. The summed E-state index contributed by atoms with van der Waals surface area (Å²) in [5.41, 5.74) is -0.382. The number of carbonyl (C=O) groups is 1. The van der Waals surface area contributed by atoms with Crippen LogP contribution < -0.4 is 10.6 Å². The molecule has 1 saturated carbocycles. The van der Waals surface area contributed by atoms with Crippen LogP contribution in [0.1, 0.15) is 54.4 Å². The Balaban J connectivity index is 1.83. The number of hydrogen-bond acceptors (Lipinski definition) is 4. The molecule has 2 N–H and O–H groups in total. The van der Waals surface area contributed by atoms with Crippen LogP contribution in [0.4, 0.5) is 4.79 Å².